The molecule has 0 aliphatic rings. The first-order valence-electron chi connectivity index (χ1n) is 8.61. The Balaban J connectivity index is 0.000000200. The number of aryl methyl sites for hydroxylation is 2. The van der Waals surface area contributed by atoms with Gasteiger partial charge in [-0.2, -0.15) is 0 Å². The van der Waals surface area contributed by atoms with E-state index in [4.69, 9.17) is 11.5 Å². The summed E-state index contributed by atoms with van der Waals surface area (Å²) in [5, 5.41) is 24.7. The number of nitrogens with two attached hydrogens (primary N) is 2. The first kappa shape index (κ1) is 23.2. The second kappa shape index (κ2) is 10.1. The maximum absolute atomic E-state index is 9.66. The van der Waals surface area contributed by atoms with Crippen molar-refractivity contribution < 1.29 is 37.5 Å². The number of aromatic hydroxyl groups is 2. The predicted octanol–water partition coefficient (Wildman–Crippen LogP) is 6.02. The summed E-state index contributed by atoms with van der Waals surface area (Å²) in [4.78, 5) is 0. The van der Waals surface area contributed by atoms with E-state index in [-0.39, 0.29) is 27.3 Å². The molecule has 0 atom stereocenters. The van der Waals surface area contributed by atoms with Gasteiger partial charge >= 0.3 is 0 Å². The van der Waals surface area contributed by atoms with E-state index in [0.29, 0.717) is 11.5 Å². The molecule has 0 unspecified atom stereocenters. The van der Waals surface area contributed by atoms with Gasteiger partial charge < -0.3 is 21.7 Å². The average Bonchev–Trinajstić information content (AvgIpc) is 3.28. The van der Waals surface area contributed by atoms with Crippen LogP contribution in [0.1, 0.15) is 11.1 Å². The Morgan fingerprint density at radius 2 is 1.03 bits per heavy atom. The quantitative estimate of drug-likeness (QED) is 0.242. The molecular formula is C22H22CdN2O2S2. The van der Waals surface area contributed by atoms with Gasteiger partial charge in [-0.05, 0) is 61.4 Å². The van der Waals surface area contributed by atoms with Crippen molar-refractivity contribution >= 4 is 32.7 Å². The van der Waals surface area contributed by atoms with Crippen molar-refractivity contribution in [3.05, 3.63) is 70.4 Å². The number of thiophene rings is 2. The number of phenols is 2. The van der Waals surface area contributed by atoms with Crippen molar-refractivity contribution in [3.63, 3.8) is 0 Å². The largest absolute Gasteiger partial charge is 0.507 e. The second-order valence-electron chi connectivity index (χ2n) is 6.52. The summed E-state index contributed by atoms with van der Waals surface area (Å²) in [7, 11) is 0. The molecule has 0 fully saturated rings. The fourth-order valence-corrected chi connectivity index (χ4v) is 4.06. The van der Waals surface area contributed by atoms with Crippen LogP contribution in [-0.4, -0.2) is 10.2 Å². The number of hydrogen-bond donors (Lipinski definition) is 4. The molecule has 0 saturated carbocycles. The van der Waals surface area contributed by atoms with Crippen LogP contribution >= 0.6 is 22.7 Å². The molecule has 4 aromatic rings. The first-order valence-corrected chi connectivity index (χ1v) is 10.4. The fourth-order valence-electron chi connectivity index (χ4n) is 2.75. The molecule has 6 N–H and O–H groups in total. The van der Waals surface area contributed by atoms with Crippen molar-refractivity contribution in [1.82, 2.24) is 0 Å². The molecule has 7 heteroatoms. The van der Waals surface area contributed by atoms with E-state index in [1.165, 1.54) is 22.7 Å². The van der Waals surface area contributed by atoms with E-state index in [2.05, 4.69) is 0 Å². The van der Waals surface area contributed by atoms with Crippen LogP contribution in [0.2, 0.25) is 0 Å². The van der Waals surface area contributed by atoms with Gasteiger partial charge in [-0.15, -0.1) is 22.7 Å². The summed E-state index contributed by atoms with van der Waals surface area (Å²) in [5.74, 6) is 0.599. The van der Waals surface area contributed by atoms with Crippen molar-refractivity contribution in [3.8, 4) is 33.8 Å². The van der Waals surface area contributed by atoms with Gasteiger partial charge in [0.1, 0.15) is 11.5 Å². The van der Waals surface area contributed by atoms with E-state index in [1.807, 2.05) is 61.0 Å². The number of anilines is 2. The van der Waals surface area contributed by atoms with Crippen molar-refractivity contribution in [2.45, 2.75) is 13.8 Å². The smallest absolute Gasteiger partial charge is 0.123 e. The molecule has 29 heavy (non-hydrogen) atoms. The standard InChI is InChI=1S/2C11H11NOS.Cd/c2*1-7-2-3-10(13)9(4-7)8-5-11(12)14-6-8;/h2*2-6,13H,12H2,1H3;. The third kappa shape index (κ3) is 5.97. The van der Waals surface area contributed by atoms with Gasteiger partial charge in [0.2, 0.25) is 0 Å². The zero-order valence-corrected chi connectivity index (χ0v) is 22.0. The minimum Gasteiger partial charge on any atom is -0.507 e. The Kier molecular flexibility index (Phi) is 8.12. The third-order valence-electron chi connectivity index (χ3n) is 4.17. The molecule has 2 aromatic carbocycles. The zero-order valence-electron chi connectivity index (χ0n) is 16.3. The number of rotatable bonds is 2. The number of phenolic OH excluding ortho intramolecular Hbond substituents is 2. The molecule has 146 valence electrons. The van der Waals surface area contributed by atoms with Gasteiger partial charge in [-0.25, -0.2) is 0 Å². The molecule has 0 saturated heterocycles. The molecule has 0 aliphatic heterocycles. The van der Waals surface area contributed by atoms with Gasteiger partial charge in [-0.3, -0.25) is 0 Å². The van der Waals surface area contributed by atoms with Crippen LogP contribution in [0.3, 0.4) is 0 Å². The summed E-state index contributed by atoms with van der Waals surface area (Å²) >= 11 is 2.96. The summed E-state index contributed by atoms with van der Waals surface area (Å²) in [6.45, 7) is 4.00. The van der Waals surface area contributed by atoms with E-state index in [0.717, 1.165) is 43.4 Å². The molecule has 4 rings (SSSR count). The average molecular weight is 523 g/mol. The molecule has 4 nitrogen and oxygen atoms in total. The Morgan fingerprint density at radius 3 is 1.34 bits per heavy atom. The van der Waals surface area contributed by atoms with Crippen LogP contribution < -0.4 is 11.5 Å². The Labute approximate surface area is 198 Å². The number of benzene rings is 2. The number of nitrogen functional groups attached to an aromatic ring is 2. The van der Waals surface area contributed by atoms with Crippen molar-refractivity contribution in [2.75, 3.05) is 11.5 Å². The Bertz CT molecular complexity index is 1020. The summed E-state index contributed by atoms with van der Waals surface area (Å²) in [5.41, 5.74) is 17.2. The Hall–Kier alpha value is -2.04. The maximum atomic E-state index is 9.66. The molecule has 0 amide bonds. The minimum absolute atomic E-state index is 0. The van der Waals surface area contributed by atoms with Crippen LogP contribution in [-0.2, 0) is 27.3 Å². The molecule has 0 aliphatic carbocycles. The molecule has 0 spiro atoms. The Morgan fingerprint density at radius 1 is 0.655 bits per heavy atom. The fraction of sp³-hybridized carbons (Fsp3) is 0.0909. The third-order valence-corrected chi connectivity index (χ3v) is 5.69. The van der Waals surface area contributed by atoms with Crippen molar-refractivity contribution in [1.29, 1.82) is 0 Å². The summed E-state index contributed by atoms with van der Waals surface area (Å²) < 4.78 is 0. The van der Waals surface area contributed by atoms with Gasteiger partial charge in [0.05, 0.1) is 10.0 Å². The van der Waals surface area contributed by atoms with Crippen LogP contribution in [0, 0.1) is 13.8 Å². The molecule has 2 heterocycles. The van der Waals surface area contributed by atoms with Crippen LogP contribution in [0.15, 0.2) is 59.3 Å². The van der Waals surface area contributed by atoms with Crippen molar-refractivity contribution in [2.24, 2.45) is 0 Å². The number of hydrogen-bond acceptors (Lipinski definition) is 6. The van der Waals surface area contributed by atoms with Crippen LogP contribution in [0.25, 0.3) is 22.3 Å². The SMILES string of the molecule is Cc1ccc(O)c(-c2csc(N)c2)c1.Cc1ccc(O)c(-c2csc(N)c2)c1.[Cd]. The van der Waals surface area contributed by atoms with Gasteiger partial charge in [-0.1, -0.05) is 23.3 Å². The van der Waals surface area contributed by atoms with Gasteiger partial charge in [0.25, 0.3) is 0 Å². The zero-order chi connectivity index (χ0) is 20.3. The van der Waals surface area contributed by atoms with Crippen LogP contribution in [0.5, 0.6) is 11.5 Å². The maximum Gasteiger partial charge on any atom is 0.123 e. The summed E-state index contributed by atoms with van der Waals surface area (Å²) in [6, 6.07) is 14.8. The van der Waals surface area contributed by atoms with Gasteiger partial charge in [0, 0.05) is 49.2 Å². The summed E-state index contributed by atoms with van der Waals surface area (Å²) in [6.07, 6.45) is 0. The minimum atomic E-state index is 0. The molecule has 0 bridgehead atoms. The van der Waals surface area contributed by atoms with Crippen LogP contribution in [0.4, 0.5) is 10.0 Å². The van der Waals surface area contributed by atoms with E-state index in [9.17, 15) is 10.2 Å². The second-order valence-corrected chi connectivity index (χ2v) is 8.40. The van der Waals surface area contributed by atoms with E-state index >= 15 is 0 Å². The van der Waals surface area contributed by atoms with E-state index < -0.39 is 0 Å². The molecule has 2 aromatic heterocycles. The first-order chi connectivity index (χ1) is 13.3. The predicted molar refractivity (Wildman–Crippen MR) is 121 cm³/mol. The molecule has 0 radical (unpaired) electrons. The van der Waals surface area contributed by atoms with Gasteiger partial charge in [0.15, 0.2) is 0 Å². The molecular weight excluding hydrogens is 501 g/mol. The topological polar surface area (TPSA) is 92.5 Å². The monoisotopic (exact) mass is 524 g/mol. The normalized spacial score (nSPS) is 10.0. The van der Waals surface area contributed by atoms with E-state index in [1.54, 1.807) is 12.1 Å².